The number of benzene rings is 1. The van der Waals surface area contributed by atoms with Crippen LogP contribution in [0.25, 0.3) is 0 Å². The molecule has 10 heteroatoms. The van der Waals surface area contributed by atoms with Crippen LogP contribution in [0.2, 0.25) is 0 Å². The molecular weight excluding hydrogens is 362 g/mol. The largest absolute Gasteiger partial charge is 0.480 e. The molecule has 0 saturated heterocycles. The van der Waals surface area contributed by atoms with Crippen LogP contribution in [0, 0.1) is 10.7 Å². The molecule has 1 unspecified atom stereocenters. The third-order valence-corrected chi connectivity index (χ3v) is 4.01. The predicted molar refractivity (Wildman–Crippen MR) is 92.8 cm³/mol. The van der Waals surface area contributed by atoms with E-state index in [-0.39, 0.29) is 13.1 Å². The Balaban J connectivity index is 2.92. The van der Waals surface area contributed by atoms with Crippen LogP contribution in [0.15, 0.2) is 29.2 Å². The van der Waals surface area contributed by atoms with Crippen molar-refractivity contribution in [2.45, 2.75) is 17.4 Å². The standard InChI is InChI=1S/C16H19N3O6S/c17-10-26-13-3-1-11(2-4-13)5-12(6-18-7-14(20)21)19(8-15(22)23)9-16(24)25/h1-4,12,18H,5-9H2,(H,20,21)(H,22,23)(H,24,25). The van der Waals surface area contributed by atoms with Crippen LogP contribution in [0.3, 0.4) is 0 Å². The first-order valence-electron chi connectivity index (χ1n) is 7.56. The number of thiocyanates is 1. The normalized spacial score (nSPS) is 11.7. The summed E-state index contributed by atoms with van der Waals surface area (Å²) < 4.78 is 0. The van der Waals surface area contributed by atoms with Gasteiger partial charge in [-0.2, -0.15) is 5.26 Å². The summed E-state index contributed by atoms with van der Waals surface area (Å²) in [5.41, 5.74) is 0.815. The summed E-state index contributed by atoms with van der Waals surface area (Å²) in [5, 5.41) is 40.1. The SMILES string of the molecule is N#CSc1ccc(CC(CNCC(=O)O)N(CC(=O)O)CC(=O)O)cc1. The number of nitrogens with one attached hydrogen (secondary N) is 1. The highest BCUT2D eigenvalue weighted by Crippen LogP contribution is 2.18. The van der Waals surface area contributed by atoms with E-state index >= 15 is 0 Å². The summed E-state index contributed by atoms with van der Waals surface area (Å²) >= 11 is 1.01. The minimum absolute atomic E-state index is 0.113. The van der Waals surface area contributed by atoms with Crippen LogP contribution in [-0.2, 0) is 20.8 Å². The molecule has 9 nitrogen and oxygen atoms in total. The van der Waals surface area contributed by atoms with E-state index < -0.39 is 37.0 Å². The molecule has 0 aliphatic heterocycles. The van der Waals surface area contributed by atoms with E-state index in [0.717, 1.165) is 22.2 Å². The molecule has 0 fully saturated rings. The lowest BCUT2D eigenvalue weighted by Crippen LogP contribution is -2.48. The highest BCUT2D eigenvalue weighted by atomic mass is 32.2. The third kappa shape index (κ3) is 8.48. The van der Waals surface area contributed by atoms with Crippen molar-refractivity contribution in [1.82, 2.24) is 10.2 Å². The second kappa shape index (κ2) is 11.1. The molecule has 1 aromatic carbocycles. The van der Waals surface area contributed by atoms with Crippen LogP contribution in [0.5, 0.6) is 0 Å². The summed E-state index contributed by atoms with van der Waals surface area (Å²) in [6.07, 6.45) is 0.324. The van der Waals surface area contributed by atoms with E-state index in [2.05, 4.69) is 5.32 Å². The molecule has 0 radical (unpaired) electrons. The average Bonchev–Trinajstić information content (AvgIpc) is 2.54. The van der Waals surface area contributed by atoms with E-state index in [1.807, 2.05) is 5.40 Å². The van der Waals surface area contributed by atoms with E-state index in [9.17, 15) is 14.4 Å². The maximum absolute atomic E-state index is 11.1. The summed E-state index contributed by atoms with van der Waals surface area (Å²) in [7, 11) is 0. The maximum Gasteiger partial charge on any atom is 0.317 e. The van der Waals surface area contributed by atoms with Crippen molar-refractivity contribution in [3.8, 4) is 5.40 Å². The molecule has 26 heavy (non-hydrogen) atoms. The lowest BCUT2D eigenvalue weighted by Gasteiger charge is -2.29. The first kappa shape index (κ1) is 21.4. The van der Waals surface area contributed by atoms with Crippen molar-refractivity contribution >= 4 is 29.7 Å². The van der Waals surface area contributed by atoms with Gasteiger partial charge in [0, 0.05) is 17.5 Å². The molecule has 1 rings (SSSR count). The van der Waals surface area contributed by atoms with E-state index in [1.165, 1.54) is 4.90 Å². The predicted octanol–water partition coefficient (Wildman–Crippen LogP) is 0.316. The number of carbonyl (C=O) groups is 3. The summed E-state index contributed by atoms with van der Waals surface area (Å²) in [4.78, 5) is 34.8. The number of thioether (sulfide) groups is 1. The van der Waals surface area contributed by atoms with E-state index in [0.29, 0.717) is 6.42 Å². The Bertz CT molecular complexity index is 658. The molecule has 0 aliphatic carbocycles. The summed E-state index contributed by atoms with van der Waals surface area (Å²) in [6.45, 7) is -1.16. The zero-order valence-electron chi connectivity index (χ0n) is 13.8. The fourth-order valence-corrected chi connectivity index (χ4v) is 2.73. The number of hydrogen-bond acceptors (Lipinski definition) is 7. The van der Waals surface area contributed by atoms with Gasteiger partial charge in [-0.05, 0) is 35.9 Å². The molecule has 0 spiro atoms. The molecule has 0 aliphatic rings. The second-order valence-corrected chi connectivity index (χ2v) is 6.27. The molecule has 0 bridgehead atoms. The van der Waals surface area contributed by atoms with Gasteiger partial charge in [-0.3, -0.25) is 19.3 Å². The second-order valence-electron chi connectivity index (χ2n) is 5.41. The number of rotatable bonds is 12. The molecule has 0 saturated carbocycles. The number of carboxylic acids is 3. The Hall–Kier alpha value is -2.61. The summed E-state index contributed by atoms with van der Waals surface area (Å²) in [5.74, 6) is -3.41. The quantitative estimate of drug-likeness (QED) is 0.294. The molecule has 0 aromatic heterocycles. The highest BCUT2D eigenvalue weighted by molar-refractivity contribution is 8.03. The topological polar surface area (TPSA) is 151 Å². The van der Waals surface area contributed by atoms with Crippen molar-refractivity contribution in [3.63, 3.8) is 0 Å². The van der Waals surface area contributed by atoms with Gasteiger partial charge in [-0.15, -0.1) is 0 Å². The van der Waals surface area contributed by atoms with Crippen LogP contribution in [-0.4, -0.2) is 70.3 Å². The molecule has 0 amide bonds. The van der Waals surface area contributed by atoms with Crippen molar-refractivity contribution in [2.24, 2.45) is 0 Å². The average molecular weight is 381 g/mol. The lowest BCUT2D eigenvalue weighted by atomic mass is 10.0. The zero-order valence-corrected chi connectivity index (χ0v) is 14.6. The first-order chi connectivity index (χ1) is 12.3. The molecule has 1 atom stereocenters. The monoisotopic (exact) mass is 381 g/mol. The van der Waals surface area contributed by atoms with Gasteiger partial charge < -0.3 is 20.6 Å². The Morgan fingerprint density at radius 2 is 1.65 bits per heavy atom. The number of nitriles is 1. The van der Waals surface area contributed by atoms with Gasteiger partial charge >= 0.3 is 17.9 Å². The van der Waals surface area contributed by atoms with Crippen LogP contribution >= 0.6 is 11.8 Å². The maximum atomic E-state index is 11.1. The van der Waals surface area contributed by atoms with Crippen molar-refractivity contribution < 1.29 is 29.7 Å². The lowest BCUT2D eigenvalue weighted by molar-refractivity contribution is -0.143. The molecular formula is C16H19N3O6S. The fraction of sp³-hybridized carbons (Fsp3) is 0.375. The minimum Gasteiger partial charge on any atom is -0.480 e. The fourth-order valence-electron chi connectivity index (χ4n) is 2.36. The molecule has 4 N–H and O–H groups in total. The van der Waals surface area contributed by atoms with Crippen LogP contribution < -0.4 is 5.32 Å². The number of aliphatic carboxylic acids is 3. The Morgan fingerprint density at radius 1 is 1.08 bits per heavy atom. The third-order valence-electron chi connectivity index (χ3n) is 3.41. The first-order valence-corrected chi connectivity index (χ1v) is 8.38. The van der Waals surface area contributed by atoms with Gasteiger partial charge in [-0.25, -0.2) is 0 Å². The van der Waals surface area contributed by atoms with E-state index in [1.54, 1.807) is 24.3 Å². The van der Waals surface area contributed by atoms with Gasteiger partial charge in [0.1, 0.15) is 5.40 Å². The van der Waals surface area contributed by atoms with Crippen LogP contribution in [0.4, 0.5) is 0 Å². The van der Waals surface area contributed by atoms with Gasteiger partial charge in [0.2, 0.25) is 0 Å². The van der Waals surface area contributed by atoms with Crippen molar-refractivity contribution in [1.29, 1.82) is 5.26 Å². The van der Waals surface area contributed by atoms with Gasteiger partial charge in [0.05, 0.1) is 19.6 Å². The van der Waals surface area contributed by atoms with Gasteiger partial charge in [0.25, 0.3) is 0 Å². The molecule has 0 heterocycles. The van der Waals surface area contributed by atoms with Crippen molar-refractivity contribution in [2.75, 3.05) is 26.2 Å². The van der Waals surface area contributed by atoms with Crippen LogP contribution in [0.1, 0.15) is 5.56 Å². The van der Waals surface area contributed by atoms with Gasteiger partial charge in [-0.1, -0.05) is 12.1 Å². The van der Waals surface area contributed by atoms with Crippen molar-refractivity contribution in [3.05, 3.63) is 29.8 Å². The van der Waals surface area contributed by atoms with E-state index in [4.69, 9.17) is 20.6 Å². The smallest absolute Gasteiger partial charge is 0.317 e. The Kier molecular flexibility index (Phi) is 9.14. The zero-order chi connectivity index (χ0) is 19.5. The highest BCUT2D eigenvalue weighted by Gasteiger charge is 2.23. The number of nitrogens with zero attached hydrogens (tertiary/aromatic N) is 2. The molecule has 1 aromatic rings. The van der Waals surface area contributed by atoms with Gasteiger partial charge in [0.15, 0.2) is 0 Å². The Morgan fingerprint density at radius 3 is 2.12 bits per heavy atom. The number of carboxylic acid groups (broad SMARTS) is 3. The summed E-state index contributed by atoms with van der Waals surface area (Å²) in [6, 6.07) is 6.48. The minimum atomic E-state index is -1.17. The number of hydrogen-bond donors (Lipinski definition) is 4. The Labute approximate surface area is 154 Å². The molecule has 140 valence electrons.